The summed E-state index contributed by atoms with van der Waals surface area (Å²) in [6.07, 6.45) is 0. The standard InChI is InChI=1S/C18H17ClF2N2O3/c1-10-6-16(17(26-3)8-13(10)19)23(11(2)24)9-18(25)22-12-4-5-14(20)15(21)7-12/h4-8H,9H2,1-3H3,(H,22,25). The summed E-state index contributed by atoms with van der Waals surface area (Å²) in [5.74, 6) is -2.75. The average molecular weight is 383 g/mol. The zero-order valence-electron chi connectivity index (χ0n) is 14.4. The number of hydrogen-bond acceptors (Lipinski definition) is 3. The fraction of sp³-hybridized carbons (Fsp3) is 0.222. The van der Waals surface area contributed by atoms with Crippen molar-refractivity contribution in [2.75, 3.05) is 23.9 Å². The first kappa shape index (κ1) is 19.7. The Morgan fingerprint density at radius 3 is 2.46 bits per heavy atom. The minimum Gasteiger partial charge on any atom is -0.495 e. The molecule has 2 amide bonds. The summed E-state index contributed by atoms with van der Waals surface area (Å²) >= 11 is 6.06. The van der Waals surface area contributed by atoms with E-state index in [1.807, 2.05) is 0 Å². The molecule has 2 aromatic carbocycles. The first-order valence-corrected chi connectivity index (χ1v) is 7.98. The molecule has 2 aromatic rings. The molecule has 0 radical (unpaired) electrons. The predicted molar refractivity (Wildman–Crippen MR) is 95.8 cm³/mol. The molecule has 8 heteroatoms. The van der Waals surface area contributed by atoms with Crippen LogP contribution in [-0.2, 0) is 9.59 Å². The van der Waals surface area contributed by atoms with Gasteiger partial charge in [-0.05, 0) is 30.7 Å². The molecule has 0 saturated carbocycles. The maximum Gasteiger partial charge on any atom is 0.244 e. The van der Waals surface area contributed by atoms with E-state index in [0.717, 1.165) is 12.1 Å². The number of halogens is 3. The number of nitrogens with one attached hydrogen (secondary N) is 1. The third-order valence-corrected chi connectivity index (χ3v) is 4.04. The van der Waals surface area contributed by atoms with Crippen molar-refractivity contribution in [1.29, 1.82) is 0 Å². The largest absolute Gasteiger partial charge is 0.495 e. The van der Waals surface area contributed by atoms with E-state index in [4.69, 9.17) is 16.3 Å². The van der Waals surface area contributed by atoms with Gasteiger partial charge in [0.1, 0.15) is 12.3 Å². The fourth-order valence-corrected chi connectivity index (χ4v) is 2.46. The van der Waals surface area contributed by atoms with Crippen molar-refractivity contribution in [3.8, 4) is 5.75 Å². The highest BCUT2D eigenvalue weighted by Crippen LogP contribution is 2.34. The highest BCUT2D eigenvalue weighted by atomic mass is 35.5. The number of carbonyl (C=O) groups is 2. The molecule has 0 aliphatic rings. The normalized spacial score (nSPS) is 10.4. The highest BCUT2D eigenvalue weighted by Gasteiger charge is 2.21. The number of aryl methyl sites for hydroxylation is 1. The molecule has 0 spiro atoms. The summed E-state index contributed by atoms with van der Waals surface area (Å²) in [6.45, 7) is 2.71. The van der Waals surface area contributed by atoms with Gasteiger partial charge in [0, 0.05) is 29.8 Å². The van der Waals surface area contributed by atoms with Crippen LogP contribution < -0.4 is 15.0 Å². The molecule has 0 aliphatic heterocycles. The number of methoxy groups -OCH3 is 1. The van der Waals surface area contributed by atoms with E-state index >= 15 is 0 Å². The highest BCUT2D eigenvalue weighted by molar-refractivity contribution is 6.31. The van der Waals surface area contributed by atoms with E-state index in [1.165, 1.54) is 25.0 Å². The van der Waals surface area contributed by atoms with E-state index in [1.54, 1.807) is 19.1 Å². The van der Waals surface area contributed by atoms with Crippen molar-refractivity contribution >= 4 is 34.8 Å². The van der Waals surface area contributed by atoms with Gasteiger partial charge in [0.25, 0.3) is 0 Å². The number of hydrogen-bond donors (Lipinski definition) is 1. The topological polar surface area (TPSA) is 58.6 Å². The van der Waals surface area contributed by atoms with E-state index in [0.29, 0.717) is 22.0 Å². The summed E-state index contributed by atoms with van der Waals surface area (Å²) in [7, 11) is 1.42. The Bertz CT molecular complexity index is 859. The first-order valence-electron chi connectivity index (χ1n) is 7.60. The Hall–Kier alpha value is -2.67. The Morgan fingerprint density at radius 1 is 1.19 bits per heavy atom. The third kappa shape index (κ3) is 4.49. The minimum atomic E-state index is -1.08. The van der Waals surface area contributed by atoms with Gasteiger partial charge < -0.3 is 10.1 Å². The monoisotopic (exact) mass is 382 g/mol. The number of rotatable bonds is 5. The molecule has 0 aromatic heterocycles. The Labute approximate surface area is 154 Å². The van der Waals surface area contributed by atoms with Crippen molar-refractivity contribution in [3.05, 3.63) is 52.6 Å². The van der Waals surface area contributed by atoms with Gasteiger partial charge in [-0.3, -0.25) is 14.5 Å². The van der Waals surface area contributed by atoms with Crippen LogP contribution in [0.3, 0.4) is 0 Å². The van der Waals surface area contributed by atoms with Crippen LogP contribution in [0.25, 0.3) is 0 Å². The maximum absolute atomic E-state index is 13.2. The lowest BCUT2D eigenvalue weighted by atomic mass is 10.2. The van der Waals surface area contributed by atoms with Crippen LogP contribution in [0.1, 0.15) is 12.5 Å². The van der Waals surface area contributed by atoms with Crippen LogP contribution in [0.15, 0.2) is 30.3 Å². The number of ether oxygens (including phenoxy) is 1. The molecule has 26 heavy (non-hydrogen) atoms. The van der Waals surface area contributed by atoms with Gasteiger partial charge in [-0.15, -0.1) is 0 Å². The third-order valence-electron chi connectivity index (χ3n) is 3.64. The molecule has 1 N–H and O–H groups in total. The van der Waals surface area contributed by atoms with Crippen LogP contribution in [0.4, 0.5) is 20.2 Å². The van der Waals surface area contributed by atoms with E-state index in [9.17, 15) is 18.4 Å². The molecule has 138 valence electrons. The predicted octanol–water partition coefficient (Wildman–Crippen LogP) is 3.93. The zero-order chi connectivity index (χ0) is 19.4. The second-order valence-corrected chi connectivity index (χ2v) is 5.96. The molecular formula is C18H17ClF2N2O3. The average Bonchev–Trinajstić information content (AvgIpc) is 2.58. The SMILES string of the molecule is COc1cc(Cl)c(C)cc1N(CC(=O)Nc1ccc(F)c(F)c1)C(C)=O. The molecule has 0 saturated heterocycles. The summed E-state index contributed by atoms with van der Waals surface area (Å²) in [5.41, 5.74) is 1.16. The molecular weight excluding hydrogens is 366 g/mol. The number of amides is 2. The second kappa shape index (κ2) is 8.14. The van der Waals surface area contributed by atoms with Crippen LogP contribution in [0.2, 0.25) is 5.02 Å². The lowest BCUT2D eigenvalue weighted by molar-refractivity contribution is -0.120. The Morgan fingerprint density at radius 2 is 1.88 bits per heavy atom. The summed E-state index contributed by atoms with van der Waals surface area (Å²) < 4.78 is 31.4. The molecule has 2 rings (SSSR count). The lowest BCUT2D eigenvalue weighted by Gasteiger charge is -2.23. The van der Waals surface area contributed by atoms with E-state index in [2.05, 4.69) is 5.32 Å². The van der Waals surface area contributed by atoms with Gasteiger partial charge in [-0.1, -0.05) is 11.6 Å². The van der Waals surface area contributed by atoms with Crippen LogP contribution in [0, 0.1) is 18.6 Å². The molecule has 0 heterocycles. The van der Waals surface area contributed by atoms with Crippen LogP contribution >= 0.6 is 11.6 Å². The van der Waals surface area contributed by atoms with Crippen molar-refractivity contribution < 1.29 is 23.1 Å². The van der Waals surface area contributed by atoms with Crippen molar-refractivity contribution in [2.45, 2.75) is 13.8 Å². The first-order chi connectivity index (χ1) is 12.2. The summed E-state index contributed by atoms with van der Waals surface area (Å²) in [6, 6.07) is 6.17. The Kier molecular flexibility index (Phi) is 6.15. The van der Waals surface area contributed by atoms with Gasteiger partial charge >= 0.3 is 0 Å². The van der Waals surface area contributed by atoms with Crippen LogP contribution in [0.5, 0.6) is 5.75 Å². The smallest absolute Gasteiger partial charge is 0.244 e. The van der Waals surface area contributed by atoms with Crippen LogP contribution in [-0.4, -0.2) is 25.5 Å². The summed E-state index contributed by atoms with van der Waals surface area (Å²) in [4.78, 5) is 25.5. The van der Waals surface area contributed by atoms with E-state index in [-0.39, 0.29) is 12.2 Å². The van der Waals surface area contributed by atoms with Gasteiger partial charge in [-0.2, -0.15) is 0 Å². The fourth-order valence-electron chi connectivity index (χ4n) is 2.31. The van der Waals surface area contributed by atoms with Gasteiger partial charge in [-0.25, -0.2) is 8.78 Å². The number of nitrogens with zero attached hydrogens (tertiary/aromatic N) is 1. The Balaban J connectivity index is 2.25. The lowest BCUT2D eigenvalue weighted by Crippen LogP contribution is -2.37. The molecule has 0 bridgehead atoms. The minimum absolute atomic E-state index is 0.0802. The van der Waals surface area contributed by atoms with E-state index < -0.39 is 23.4 Å². The molecule has 0 unspecified atom stereocenters. The van der Waals surface area contributed by atoms with Gasteiger partial charge in [0.2, 0.25) is 11.8 Å². The number of carbonyl (C=O) groups excluding carboxylic acids is 2. The molecule has 0 atom stereocenters. The van der Waals surface area contributed by atoms with Gasteiger partial charge in [0.15, 0.2) is 11.6 Å². The molecule has 0 fully saturated rings. The molecule has 0 aliphatic carbocycles. The quantitative estimate of drug-likeness (QED) is 0.852. The maximum atomic E-state index is 13.2. The van der Waals surface area contributed by atoms with Gasteiger partial charge in [0.05, 0.1) is 12.8 Å². The summed E-state index contributed by atoms with van der Waals surface area (Å²) in [5, 5.41) is 2.88. The molecule has 5 nitrogen and oxygen atoms in total. The second-order valence-electron chi connectivity index (χ2n) is 5.56. The van der Waals surface area contributed by atoms with Crippen molar-refractivity contribution in [3.63, 3.8) is 0 Å². The zero-order valence-corrected chi connectivity index (χ0v) is 15.2. The van der Waals surface area contributed by atoms with Crippen molar-refractivity contribution in [2.24, 2.45) is 0 Å². The number of anilines is 2. The number of benzene rings is 2. The van der Waals surface area contributed by atoms with Crippen molar-refractivity contribution in [1.82, 2.24) is 0 Å².